The fourth-order valence-electron chi connectivity index (χ4n) is 8.56. The molecule has 2 atom stereocenters. The molecule has 1 fully saturated rings. The number of alkyl halides is 6. The first-order valence-electron chi connectivity index (χ1n) is 24.7. The van der Waals surface area contributed by atoms with Gasteiger partial charge in [-0.2, -0.15) is 26.3 Å². The Morgan fingerprint density at radius 1 is 0.614 bits per heavy atom. The highest BCUT2D eigenvalue weighted by Crippen LogP contribution is 2.40. The number of esters is 2. The van der Waals surface area contributed by atoms with E-state index < -0.39 is 71.8 Å². The molecule has 4 aromatic rings. The normalized spacial score (nSPS) is 16.7. The summed E-state index contributed by atoms with van der Waals surface area (Å²) in [5, 5.41) is 45.4. The van der Waals surface area contributed by atoms with Gasteiger partial charge in [-0.1, -0.05) is 70.7 Å². The molecule has 7 rings (SSSR count). The van der Waals surface area contributed by atoms with Crippen molar-refractivity contribution in [3.63, 3.8) is 0 Å². The number of likely N-dealkylation sites (N-methyl/N-ethyl adjacent to an activating group) is 2. The van der Waals surface area contributed by atoms with Gasteiger partial charge < -0.3 is 61.0 Å². The Balaban J connectivity index is 0.000000290. The summed E-state index contributed by atoms with van der Waals surface area (Å²) in [5.41, 5.74) is 7.78. The van der Waals surface area contributed by atoms with Gasteiger partial charge in [0, 0.05) is 96.4 Å². The zero-order valence-corrected chi connectivity index (χ0v) is 47.4. The Bertz CT molecular complexity index is 2950. The van der Waals surface area contributed by atoms with Crippen molar-refractivity contribution in [1.29, 1.82) is 0 Å². The molecule has 2 unspecified atom stereocenters. The number of halogens is 10. The molecule has 0 bridgehead atoms. The monoisotopic (exact) mass is 1250 g/mol. The molecule has 452 valence electrons. The highest BCUT2D eigenvalue weighted by Gasteiger charge is 2.43. The molecule has 1 saturated heterocycles. The highest BCUT2D eigenvalue weighted by molar-refractivity contribution is 6.36. The molecular weight excluding hydrogens is 1200 g/mol. The van der Waals surface area contributed by atoms with Crippen molar-refractivity contribution in [2.75, 3.05) is 50.9 Å². The number of carbonyl (C=O) groups is 8. The quantitative estimate of drug-likeness (QED) is 0.0252. The SMILES string of the molecule is CN1Cc2c(Cl)cc(Cl)cc2C(c2ccc(NC(=O)NCCCC(C(=O)O)C(=O)O)cc2)C1.CN1Cc2c(Cl)cc(Cl)cc2C(c2ccc(NC(=O)NCCCC3C(=O)OC(C)(C)OC3=O)cc2)C1.O=C(O)C(F)(F)F.O=C(O)C(F)(F)F. The van der Waals surface area contributed by atoms with Gasteiger partial charge in [-0.25, -0.2) is 19.2 Å². The molecule has 0 aromatic heterocycles. The van der Waals surface area contributed by atoms with Gasteiger partial charge in [-0.3, -0.25) is 19.2 Å². The third kappa shape index (κ3) is 21.2. The molecule has 8 N–H and O–H groups in total. The number of hydrogen-bond acceptors (Lipinski definition) is 12. The Hall–Kier alpha value is -7.10. The van der Waals surface area contributed by atoms with Crippen LogP contribution in [0, 0.1) is 11.8 Å². The molecule has 0 spiro atoms. The molecule has 0 radical (unpaired) electrons. The number of carbonyl (C=O) groups excluding carboxylic acids is 4. The van der Waals surface area contributed by atoms with Crippen molar-refractivity contribution in [1.82, 2.24) is 20.4 Å². The predicted octanol–water partition coefficient (Wildman–Crippen LogP) is 10.4. The third-order valence-electron chi connectivity index (χ3n) is 12.4. The minimum Gasteiger partial charge on any atom is -0.481 e. The molecule has 4 aromatic carbocycles. The standard InChI is InChI=1S/C26H29Cl2N3O5.C23H25Cl2N3O5.2C2HF3O2/c1-26(2)35-23(32)18(24(33)36-26)5-4-10-29-25(34)30-17-8-6-15(7-9-17)20-13-31(3)14-21-19(20)11-16(27)12-22(21)28;1-28-11-18(17-9-14(24)10-20(25)19(17)12-28)13-4-6-15(7-5-13)27-23(33)26-8-2-3-16(21(29)30)22(31)32;2*3-2(4,5)1(6)7/h6-9,11-12,18,20H,4-5,10,13-14H2,1-3H3,(H2,29,30,34);4-7,9-10,16,18H,2-3,8,11-12H2,1H3,(H,29,30)(H,31,32)(H2,26,27,33);2*(H,6,7). The smallest absolute Gasteiger partial charge is 0.481 e. The molecule has 0 aliphatic carbocycles. The fraction of sp³-hybridized carbons (Fsp3) is 0.396. The van der Waals surface area contributed by atoms with Crippen LogP contribution in [0.15, 0.2) is 72.8 Å². The minimum absolute atomic E-state index is 0.0645. The van der Waals surface area contributed by atoms with Crippen LogP contribution in [0.1, 0.15) is 84.7 Å². The summed E-state index contributed by atoms with van der Waals surface area (Å²) in [7, 11) is 4.10. The number of amides is 4. The van der Waals surface area contributed by atoms with E-state index in [1.807, 2.05) is 55.6 Å². The number of fused-ring (bicyclic) bond motifs is 2. The zero-order chi connectivity index (χ0) is 62.3. The van der Waals surface area contributed by atoms with Crippen LogP contribution in [0.4, 0.5) is 47.3 Å². The maximum atomic E-state index is 12.3. The second-order valence-electron chi connectivity index (χ2n) is 19.3. The molecule has 3 aliphatic rings. The van der Waals surface area contributed by atoms with E-state index in [0.717, 1.165) is 59.6 Å². The van der Waals surface area contributed by atoms with Crippen LogP contribution in [0.3, 0.4) is 0 Å². The molecule has 3 heterocycles. The van der Waals surface area contributed by atoms with Gasteiger partial charge in [0.1, 0.15) is 0 Å². The summed E-state index contributed by atoms with van der Waals surface area (Å²) in [6.45, 7) is 6.63. The largest absolute Gasteiger partial charge is 0.490 e. The molecule has 4 amide bonds. The zero-order valence-electron chi connectivity index (χ0n) is 44.4. The number of aliphatic carboxylic acids is 4. The van der Waals surface area contributed by atoms with Gasteiger partial charge in [0.05, 0.1) is 0 Å². The lowest BCUT2D eigenvalue weighted by Crippen LogP contribution is -2.46. The summed E-state index contributed by atoms with van der Waals surface area (Å²) in [4.78, 5) is 92.4. The topological polar surface area (TPSA) is 291 Å². The van der Waals surface area contributed by atoms with Crippen LogP contribution in [-0.4, -0.2) is 137 Å². The average Bonchev–Trinajstić information content (AvgIpc) is 2.77. The molecule has 0 saturated carbocycles. The van der Waals surface area contributed by atoms with Gasteiger partial charge in [-0.15, -0.1) is 0 Å². The lowest BCUT2D eigenvalue weighted by molar-refractivity contribution is -0.240. The first-order chi connectivity index (χ1) is 38.6. The van der Waals surface area contributed by atoms with E-state index in [2.05, 4.69) is 38.1 Å². The number of carboxylic acids is 4. The van der Waals surface area contributed by atoms with Crippen molar-refractivity contribution in [2.45, 2.75) is 82.6 Å². The maximum Gasteiger partial charge on any atom is 0.490 e. The summed E-state index contributed by atoms with van der Waals surface area (Å²) in [6, 6.07) is 21.8. The van der Waals surface area contributed by atoms with Crippen molar-refractivity contribution in [3.8, 4) is 0 Å². The average molecular weight is 1260 g/mol. The lowest BCUT2D eigenvalue weighted by atomic mass is 9.85. The van der Waals surface area contributed by atoms with Gasteiger partial charge in [0.15, 0.2) is 11.8 Å². The number of nitrogens with one attached hydrogen (secondary N) is 4. The summed E-state index contributed by atoms with van der Waals surface area (Å²) < 4.78 is 73.7. The third-order valence-corrected chi connectivity index (χ3v) is 13.5. The Labute approximate surface area is 490 Å². The van der Waals surface area contributed by atoms with E-state index in [0.29, 0.717) is 37.9 Å². The molecule has 3 aliphatic heterocycles. The second-order valence-corrected chi connectivity index (χ2v) is 21.0. The van der Waals surface area contributed by atoms with Crippen LogP contribution in [-0.2, 0) is 51.3 Å². The highest BCUT2D eigenvalue weighted by atomic mass is 35.5. The van der Waals surface area contributed by atoms with E-state index >= 15 is 0 Å². The molecule has 20 nitrogen and oxygen atoms in total. The van der Waals surface area contributed by atoms with Crippen LogP contribution >= 0.6 is 46.4 Å². The van der Waals surface area contributed by atoms with Gasteiger partial charge in [-0.05, 0) is 122 Å². The summed E-state index contributed by atoms with van der Waals surface area (Å²) in [6.07, 6.45) is -9.35. The minimum atomic E-state index is -5.08. The van der Waals surface area contributed by atoms with Crippen molar-refractivity contribution in [2.24, 2.45) is 11.8 Å². The molecular formula is C53H56Cl4F6N6O14. The number of hydrogen-bond donors (Lipinski definition) is 8. The Morgan fingerprint density at radius 3 is 1.30 bits per heavy atom. The number of nitrogens with zero attached hydrogens (tertiary/aromatic N) is 2. The van der Waals surface area contributed by atoms with Gasteiger partial charge >= 0.3 is 60.2 Å². The van der Waals surface area contributed by atoms with E-state index in [1.54, 1.807) is 24.3 Å². The number of ether oxygens (including phenoxy) is 2. The van der Waals surface area contributed by atoms with Crippen molar-refractivity contribution >= 4 is 106 Å². The van der Waals surface area contributed by atoms with Crippen LogP contribution < -0.4 is 21.3 Å². The number of anilines is 2. The summed E-state index contributed by atoms with van der Waals surface area (Å²) in [5.74, 6) is -13.0. The maximum absolute atomic E-state index is 12.3. The fourth-order valence-corrected chi connectivity index (χ4v) is 9.70. The number of benzene rings is 4. The number of cyclic esters (lactones) is 2. The van der Waals surface area contributed by atoms with Crippen molar-refractivity contribution < 1.29 is 94.6 Å². The number of carboxylic acid groups (broad SMARTS) is 4. The number of rotatable bonds is 14. The lowest BCUT2D eigenvalue weighted by Gasteiger charge is -2.33. The first-order valence-corrected chi connectivity index (χ1v) is 26.2. The Morgan fingerprint density at radius 2 is 0.964 bits per heavy atom. The first kappa shape index (κ1) is 68.4. The van der Waals surface area contributed by atoms with Gasteiger partial charge in [0.2, 0.25) is 0 Å². The molecule has 83 heavy (non-hydrogen) atoms. The van der Waals surface area contributed by atoms with E-state index in [-0.39, 0.29) is 50.2 Å². The van der Waals surface area contributed by atoms with Crippen molar-refractivity contribution in [3.05, 3.63) is 126 Å². The van der Waals surface area contributed by atoms with Crippen LogP contribution in [0.5, 0.6) is 0 Å². The van der Waals surface area contributed by atoms with Crippen LogP contribution in [0.2, 0.25) is 20.1 Å². The second kappa shape index (κ2) is 29.9. The van der Waals surface area contributed by atoms with Gasteiger partial charge in [0.25, 0.3) is 5.79 Å². The molecule has 30 heteroatoms. The van der Waals surface area contributed by atoms with E-state index in [9.17, 15) is 55.1 Å². The van der Waals surface area contributed by atoms with E-state index in [4.69, 9.17) is 85.9 Å². The summed E-state index contributed by atoms with van der Waals surface area (Å²) >= 11 is 25.4. The van der Waals surface area contributed by atoms with Crippen LogP contribution in [0.25, 0.3) is 0 Å². The predicted molar refractivity (Wildman–Crippen MR) is 291 cm³/mol. The van der Waals surface area contributed by atoms with E-state index in [1.165, 1.54) is 13.8 Å². The number of urea groups is 2. The Kier molecular flexibility index (Phi) is 24.7.